The zero-order valence-electron chi connectivity index (χ0n) is 12.0. The van der Waals surface area contributed by atoms with Gasteiger partial charge in [0.1, 0.15) is 0 Å². The van der Waals surface area contributed by atoms with Gasteiger partial charge in [0.05, 0.1) is 0 Å². The summed E-state index contributed by atoms with van der Waals surface area (Å²) in [7, 11) is 0. The molecule has 4 nitrogen and oxygen atoms in total. The first kappa shape index (κ1) is 15.5. The molecular formula is C15H25N3O. The maximum atomic E-state index is 12.2. The molecule has 3 N–H and O–H groups in total. The van der Waals surface area contributed by atoms with Crippen LogP contribution in [0.3, 0.4) is 0 Å². The zero-order chi connectivity index (χ0) is 14.1. The Morgan fingerprint density at radius 3 is 2.79 bits per heavy atom. The molecule has 0 fully saturated rings. The third kappa shape index (κ3) is 5.30. The fourth-order valence-electron chi connectivity index (χ4n) is 1.86. The molecule has 1 aromatic rings. The van der Waals surface area contributed by atoms with Crippen molar-refractivity contribution >= 4 is 11.7 Å². The summed E-state index contributed by atoms with van der Waals surface area (Å²) in [6, 6.07) is 7.95. The first-order chi connectivity index (χ1) is 9.19. The van der Waals surface area contributed by atoms with E-state index in [9.17, 15) is 4.79 Å². The highest BCUT2D eigenvalue weighted by Gasteiger charge is 2.14. The molecule has 4 heteroatoms. The summed E-state index contributed by atoms with van der Waals surface area (Å²) >= 11 is 0. The van der Waals surface area contributed by atoms with E-state index in [0.717, 1.165) is 37.1 Å². The van der Waals surface area contributed by atoms with Crippen molar-refractivity contribution in [3.05, 3.63) is 29.8 Å². The number of amides is 2. The van der Waals surface area contributed by atoms with E-state index in [-0.39, 0.29) is 6.03 Å². The van der Waals surface area contributed by atoms with Crippen LogP contribution in [0.25, 0.3) is 0 Å². The predicted octanol–water partition coefficient (Wildman–Crippen LogP) is 2.66. The first-order valence-corrected chi connectivity index (χ1v) is 7.01. The molecule has 0 aliphatic rings. The number of nitrogens with zero attached hydrogens (tertiary/aromatic N) is 1. The summed E-state index contributed by atoms with van der Waals surface area (Å²) in [6.45, 7) is 6.10. The quantitative estimate of drug-likeness (QED) is 0.743. The number of carbonyl (C=O) groups is 1. The van der Waals surface area contributed by atoms with E-state index in [1.54, 1.807) is 4.90 Å². The standard InChI is InChI=1S/C15H25N3O/c1-3-4-10-17-15(19)18(11-6-9-16)14-8-5-7-13(2)12-14/h5,7-8,12H,3-4,6,9-11,16H2,1-2H3,(H,17,19). The summed E-state index contributed by atoms with van der Waals surface area (Å²) in [4.78, 5) is 14.0. The van der Waals surface area contributed by atoms with Crippen LogP contribution >= 0.6 is 0 Å². The summed E-state index contributed by atoms with van der Waals surface area (Å²) in [5, 5.41) is 2.96. The highest BCUT2D eigenvalue weighted by atomic mass is 16.2. The lowest BCUT2D eigenvalue weighted by molar-refractivity contribution is 0.246. The molecule has 19 heavy (non-hydrogen) atoms. The van der Waals surface area contributed by atoms with Gasteiger partial charge in [-0.15, -0.1) is 0 Å². The van der Waals surface area contributed by atoms with E-state index in [1.807, 2.05) is 31.2 Å². The highest BCUT2D eigenvalue weighted by Crippen LogP contribution is 2.16. The molecule has 0 aliphatic carbocycles. The van der Waals surface area contributed by atoms with Gasteiger partial charge in [0.15, 0.2) is 0 Å². The van der Waals surface area contributed by atoms with Gasteiger partial charge in [0.2, 0.25) is 0 Å². The number of nitrogens with one attached hydrogen (secondary N) is 1. The molecule has 0 spiro atoms. The Hall–Kier alpha value is -1.55. The lowest BCUT2D eigenvalue weighted by Gasteiger charge is -2.23. The van der Waals surface area contributed by atoms with Crippen LogP contribution in [0.1, 0.15) is 31.7 Å². The van der Waals surface area contributed by atoms with Gasteiger partial charge in [-0.25, -0.2) is 4.79 Å². The highest BCUT2D eigenvalue weighted by molar-refractivity contribution is 5.92. The number of hydrogen-bond acceptors (Lipinski definition) is 2. The molecule has 0 heterocycles. The number of aryl methyl sites for hydroxylation is 1. The van der Waals surface area contributed by atoms with Crippen LogP contribution in [0.2, 0.25) is 0 Å². The van der Waals surface area contributed by atoms with Crippen LogP contribution in [-0.4, -0.2) is 25.7 Å². The Morgan fingerprint density at radius 1 is 1.37 bits per heavy atom. The van der Waals surface area contributed by atoms with Gasteiger partial charge in [-0.3, -0.25) is 4.90 Å². The molecule has 0 aromatic heterocycles. The molecule has 0 atom stereocenters. The number of unbranched alkanes of at least 4 members (excludes halogenated alkanes) is 1. The Morgan fingerprint density at radius 2 is 2.16 bits per heavy atom. The normalized spacial score (nSPS) is 10.3. The van der Waals surface area contributed by atoms with E-state index in [0.29, 0.717) is 13.1 Å². The first-order valence-electron chi connectivity index (χ1n) is 7.01. The summed E-state index contributed by atoms with van der Waals surface area (Å²) < 4.78 is 0. The second kappa shape index (κ2) is 8.53. The molecule has 1 rings (SSSR count). The third-order valence-electron chi connectivity index (χ3n) is 2.95. The van der Waals surface area contributed by atoms with Crippen molar-refractivity contribution in [1.82, 2.24) is 5.32 Å². The van der Waals surface area contributed by atoms with E-state index in [2.05, 4.69) is 12.2 Å². The van der Waals surface area contributed by atoms with Crippen LogP contribution < -0.4 is 16.0 Å². The smallest absolute Gasteiger partial charge is 0.321 e. The van der Waals surface area contributed by atoms with Gasteiger partial charge in [-0.05, 0) is 44.0 Å². The summed E-state index contributed by atoms with van der Waals surface area (Å²) in [5.74, 6) is 0. The summed E-state index contributed by atoms with van der Waals surface area (Å²) in [5.41, 5.74) is 7.63. The number of carbonyl (C=O) groups excluding carboxylic acids is 1. The fourth-order valence-corrected chi connectivity index (χ4v) is 1.86. The maximum absolute atomic E-state index is 12.2. The number of rotatable bonds is 7. The van der Waals surface area contributed by atoms with Crippen LogP contribution in [0.4, 0.5) is 10.5 Å². The van der Waals surface area contributed by atoms with Gasteiger partial charge in [0, 0.05) is 18.8 Å². The summed E-state index contributed by atoms with van der Waals surface area (Å²) in [6.07, 6.45) is 2.88. The van der Waals surface area contributed by atoms with Crippen molar-refractivity contribution in [2.45, 2.75) is 33.1 Å². The van der Waals surface area contributed by atoms with Gasteiger partial charge in [-0.1, -0.05) is 25.5 Å². The second-order valence-corrected chi connectivity index (χ2v) is 4.72. The van der Waals surface area contributed by atoms with E-state index < -0.39 is 0 Å². The monoisotopic (exact) mass is 263 g/mol. The van der Waals surface area contributed by atoms with Crippen molar-refractivity contribution in [1.29, 1.82) is 0 Å². The van der Waals surface area contributed by atoms with E-state index in [4.69, 9.17) is 5.73 Å². The average Bonchev–Trinajstić information content (AvgIpc) is 2.39. The number of hydrogen-bond donors (Lipinski definition) is 2. The molecule has 0 radical (unpaired) electrons. The lowest BCUT2D eigenvalue weighted by atomic mass is 10.2. The number of nitrogens with two attached hydrogens (primary N) is 1. The Kier molecular flexibility index (Phi) is 6.97. The number of benzene rings is 1. The van der Waals surface area contributed by atoms with Crippen molar-refractivity contribution in [2.75, 3.05) is 24.5 Å². The topological polar surface area (TPSA) is 58.4 Å². The molecule has 0 bridgehead atoms. The van der Waals surface area contributed by atoms with Crippen LogP contribution in [-0.2, 0) is 0 Å². The van der Waals surface area contributed by atoms with Gasteiger partial charge in [-0.2, -0.15) is 0 Å². The molecule has 2 amide bonds. The minimum atomic E-state index is -0.0347. The molecular weight excluding hydrogens is 238 g/mol. The lowest BCUT2D eigenvalue weighted by Crippen LogP contribution is -2.41. The number of urea groups is 1. The van der Waals surface area contributed by atoms with Crippen molar-refractivity contribution in [2.24, 2.45) is 5.73 Å². The molecule has 0 saturated heterocycles. The minimum absolute atomic E-state index is 0.0347. The Bertz CT molecular complexity index is 393. The van der Waals surface area contributed by atoms with Gasteiger partial charge in [0.25, 0.3) is 0 Å². The number of anilines is 1. The fraction of sp³-hybridized carbons (Fsp3) is 0.533. The van der Waals surface area contributed by atoms with Gasteiger partial charge < -0.3 is 11.1 Å². The molecule has 1 aromatic carbocycles. The second-order valence-electron chi connectivity index (χ2n) is 4.72. The molecule has 0 saturated carbocycles. The SMILES string of the molecule is CCCCNC(=O)N(CCCN)c1cccc(C)c1. The average molecular weight is 263 g/mol. The largest absolute Gasteiger partial charge is 0.338 e. The minimum Gasteiger partial charge on any atom is -0.338 e. The van der Waals surface area contributed by atoms with Crippen LogP contribution in [0, 0.1) is 6.92 Å². The van der Waals surface area contributed by atoms with Crippen molar-refractivity contribution < 1.29 is 4.79 Å². The van der Waals surface area contributed by atoms with E-state index >= 15 is 0 Å². The van der Waals surface area contributed by atoms with E-state index in [1.165, 1.54) is 0 Å². The third-order valence-corrected chi connectivity index (χ3v) is 2.95. The predicted molar refractivity (Wildman–Crippen MR) is 80.5 cm³/mol. The Labute approximate surface area is 116 Å². The van der Waals surface area contributed by atoms with Gasteiger partial charge >= 0.3 is 6.03 Å². The van der Waals surface area contributed by atoms with Crippen LogP contribution in [0.5, 0.6) is 0 Å². The van der Waals surface area contributed by atoms with Crippen molar-refractivity contribution in [3.63, 3.8) is 0 Å². The Balaban J connectivity index is 2.73. The molecule has 0 unspecified atom stereocenters. The maximum Gasteiger partial charge on any atom is 0.321 e. The van der Waals surface area contributed by atoms with Crippen molar-refractivity contribution in [3.8, 4) is 0 Å². The zero-order valence-corrected chi connectivity index (χ0v) is 12.0. The van der Waals surface area contributed by atoms with Crippen LogP contribution in [0.15, 0.2) is 24.3 Å². The molecule has 106 valence electrons. The molecule has 0 aliphatic heterocycles.